The van der Waals surface area contributed by atoms with Gasteiger partial charge in [0.05, 0.1) is 12.3 Å². The summed E-state index contributed by atoms with van der Waals surface area (Å²) in [5, 5.41) is 8.25. The Labute approximate surface area is 256 Å². The topological polar surface area (TPSA) is 62.5 Å². The monoisotopic (exact) mass is 571 g/mol. The number of hydrogen-bond acceptors (Lipinski definition) is 4. The molecule has 0 spiro atoms. The van der Waals surface area contributed by atoms with Crippen molar-refractivity contribution in [1.29, 1.82) is 5.41 Å². The maximum Gasteiger partial charge on any atom is 0.159 e. The van der Waals surface area contributed by atoms with E-state index >= 15 is 0 Å². The van der Waals surface area contributed by atoms with E-state index in [2.05, 4.69) is 58.0 Å². The SMILES string of the molecule is C=C(/C=C(/C)N=CC)C(C)=O.C=C(OCC)/C(=C\C(=N)/C=C/C(C)=C\C=C(C)C)C(CC)CCC.CC.CC.CC. The van der Waals surface area contributed by atoms with Crippen molar-refractivity contribution >= 4 is 17.7 Å². The van der Waals surface area contributed by atoms with Crippen LogP contribution in [0.5, 0.6) is 0 Å². The molecular weight excluding hydrogens is 504 g/mol. The minimum atomic E-state index is -0.0179. The molecule has 0 fully saturated rings. The number of Topliss-reactive ketones (excluding diaryl/α,β-unsaturated/α-hetero) is 1. The minimum Gasteiger partial charge on any atom is -0.494 e. The molecule has 1 unspecified atom stereocenters. The number of allylic oxidation sites excluding steroid dienone is 11. The second-order valence-corrected chi connectivity index (χ2v) is 8.55. The van der Waals surface area contributed by atoms with E-state index in [0.717, 1.165) is 36.1 Å². The number of nitrogens with zero attached hydrogens (tertiary/aromatic N) is 1. The summed E-state index contributed by atoms with van der Waals surface area (Å²) in [6.45, 7) is 37.9. The van der Waals surface area contributed by atoms with E-state index in [-0.39, 0.29) is 5.78 Å². The molecule has 0 heterocycles. The first kappa shape index (κ1) is 47.8. The van der Waals surface area contributed by atoms with Crippen molar-refractivity contribution in [2.24, 2.45) is 10.9 Å². The fraction of sp³-hybridized carbons (Fsp3) is 0.541. The minimum absolute atomic E-state index is 0.0179. The van der Waals surface area contributed by atoms with Crippen molar-refractivity contribution < 1.29 is 9.53 Å². The maximum absolute atomic E-state index is 10.7. The van der Waals surface area contributed by atoms with Crippen LogP contribution in [0.1, 0.15) is 123 Å². The number of hydrogen-bond donors (Lipinski definition) is 1. The summed E-state index contributed by atoms with van der Waals surface area (Å²) >= 11 is 0. The maximum atomic E-state index is 10.7. The molecule has 236 valence electrons. The molecular formula is C37H66N2O2. The standard InChI is InChI=1S/C22H35NO.C9H13NO.3C2H6/c1-8-11-20(9-2)22(19(7)24-10-3)16-21(23)15-14-18(6)13-12-17(4)5;1-5-10-8(3)6-7(2)9(4)11;3*1-2/h12-16,20,23H,7-11H2,1-6H3;5-6H,2H2,1,3-4H3;3*1-2H3/b15-14+,18-13-,22-16+,23-21?;8-6-,10-5?;;;. The van der Waals surface area contributed by atoms with Crippen LogP contribution in [0.15, 0.2) is 88.4 Å². The van der Waals surface area contributed by atoms with Gasteiger partial charge in [0.15, 0.2) is 5.78 Å². The van der Waals surface area contributed by atoms with Crippen molar-refractivity contribution in [2.75, 3.05) is 6.61 Å². The van der Waals surface area contributed by atoms with Crippen LogP contribution in [0.4, 0.5) is 0 Å². The van der Waals surface area contributed by atoms with E-state index in [9.17, 15) is 4.79 Å². The predicted octanol–water partition coefficient (Wildman–Crippen LogP) is 12.0. The zero-order valence-electron chi connectivity index (χ0n) is 29.6. The number of ether oxygens (including phenoxy) is 1. The highest BCUT2D eigenvalue weighted by molar-refractivity contribution is 6.02. The average Bonchev–Trinajstić information content (AvgIpc) is 2.96. The van der Waals surface area contributed by atoms with Gasteiger partial charge in [-0.2, -0.15) is 0 Å². The summed E-state index contributed by atoms with van der Waals surface area (Å²) in [6, 6.07) is 0. The molecule has 0 aromatic heterocycles. The third-order valence-corrected chi connectivity index (χ3v) is 4.89. The van der Waals surface area contributed by atoms with Crippen LogP contribution in [0.25, 0.3) is 0 Å². The van der Waals surface area contributed by atoms with E-state index in [4.69, 9.17) is 10.1 Å². The molecule has 1 N–H and O–H groups in total. The summed E-state index contributed by atoms with van der Waals surface area (Å²) in [7, 11) is 0. The average molecular weight is 571 g/mol. The molecule has 0 radical (unpaired) electrons. The Kier molecular flexibility index (Phi) is 40.8. The molecule has 0 saturated heterocycles. The molecule has 0 aromatic carbocycles. The van der Waals surface area contributed by atoms with E-state index in [0.29, 0.717) is 29.6 Å². The zero-order chi connectivity index (χ0) is 33.4. The molecule has 0 aromatic rings. The van der Waals surface area contributed by atoms with Crippen molar-refractivity contribution in [2.45, 2.75) is 123 Å². The van der Waals surface area contributed by atoms with Gasteiger partial charge in [0, 0.05) is 17.5 Å². The van der Waals surface area contributed by atoms with Crippen LogP contribution in [-0.2, 0) is 9.53 Å². The predicted molar refractivity (Wildman–Crippen MR) is 189 cm³/mol. The van der Waals surface area contributed by atoms with Gasteiger partial charge in [0.1, 0.15) is 5.76 Å². The zero-order valence-corrected chi connectivity index (χ0v) is 29.6. The summed E-state index contributed by atoms with van der Waals surface area (Å²) in [4.78, 5) is 14.7. The van der Waals surface area contributed by atoms with Crippen LogP contribution >= 0.6 is 0 Å². The van der Waals surface area contributed by atoms with Gasteiger partial charge in [-0.05, 0) is 91.0 Å². The van der Waals surface area contributed by atoms with Crippen LogP contribution in [0.3, 0.4) is 0 Å². The molecule has 0 bridgehead atoms. The van der Waals surface area contributed by atoms with Crippen molar-refractivity contribution in [3.8, 4) is 0 Å². The molecule has 41 heavy (non-hydrogen) atoms. The fourth-order valence-corrected chi connectivity index (χ4v) is 3.00. The molecule has 1 atom stereocenters. The Bertz CT molecular complexity index is 890. The normalized spacial score (nSPS) is 11.7. The van der Waals surface area contributed by atoms with Crippen molar-refractivity contribution in [3.05, 3.63) is 83.4 Å². The third-order valence-electron chi connectivity index (χ3n) is 4.89. The van der Waals surface area contributed by atoms with E-state index in [1.807, 2.05) is 87.5 Å². The van der Waals surface area contributed by atoms with Crippen molar-refractivity contribution in [1.82, 2.24) is 0 Å². The van der Waals surface area contributed by atoms with Gasteiger partial charge in [0.25, 0.3) is 0 Å². The van der Waals surface area contributed by atoms with E-state index in [1.54, 1.807) is 12.3 Å². The molecule has 4 nitrogen and oxygen atoms in total. The van der Waals surface area contributed by atoms with Gasteiger partial charge < -0.3 is 10.1 Å². The van der Waals surface area contributed by atoms with Crippen LogP contribution < -0.4 is 0 Å². The number of aliphatic imine (C=N–C) groups is 1. The van der Waals surface area contributed by atoms with Gasteiger partial charge in [-0.15, -0.1) is 0 Å². The summed E-state index contributed by atoms with van der Waals surface area (Å²) in [5.74, 6) is 1.08. The van der Waals surface area contributed by atoms with Gasteiger partial charge in [-0.3, -0.25) is 9.79 Å². The highest BCUT2D eigenvalue weighted by Crippen LogP contribution is 2.27. The quantitative estimate of drug-likeness (QED) is 0.0976. The molecule has 0 amide bonds. The van der Waals surface area contributed by atoms with Crippen LogP contribution in [0, 0.1) is 11.3 Å². The fourth-order valence-electron chi connectivity index (χ4n) is 3.00. The van der Waals surface area contributed by atoms with Gasteiger partial charge >= 0.3 is 0 Å². The Morgan fingerprint density at radius 1 is 0.878 bits per heavy atom. The highest BCUT2D eigenvalue weighted by Gasteiger charge is 2.16. The molecule has 0 aliphatic heterocycles. The smallest absolute Gasteiger partial charge is 0.159 e. The molecule has 4 heteroatoms. The first-order valence-corrected chi connectivity index (χ1v) is 15.4. The van der Waals surface area contributed by atoms with E-state index in [1.165, 1.54) is 12.5 Å². The lowest BCUT2D eigenvalue weighted by Crippen LogP contribution is -2.09. The van der Waals surface area contributed by atoms with Crippen LogP contribution in [0.2, 0.25) is 0 Å². The number of nitrogens with one attached hydrogen (secondary N) is 1. The van der Waals surface area contributed by atoms with Crippen LogP contribution in [-0.4, -0.2) is 24.3 Å². The summed E-state index contributed by atoms with van der Waals surface area (Å²) in [5.41, 5.74) is 5.21. The summed E-state index contributed by atoms with van der Waals surface area (Å²) in [6.07, 6.45) is 16.4. The number of carbonyl (C=O) groups excluding carboxylic acids is 1. The molecule has 0 saturated carbocycles. The van der Waals surface area contributed by atoms with E-state index < -0.39 is 0 Å². The number of ketones is 1. The van der Waals surface area contributed by atoms with Gasteiger partial charge in [-0.25, -0.2) is 0 Å². The summed E-state index contributed by atoms with van der Waals surface area (Å²) < 4.78 is 5.62. The number of carbonyl (C=O) groups is 1. The lowest BCUT2D eigenvalue weighted by molar-refractivity contribution is -0.113. The van der Waals surface area contributed by atoms with Gasteiger partial charge in [0.2, 0.25) is 0 Å². The highest BCUT2D eigenvalue weighted by atomic mass is 16.5. The third kappa shape index (κ3) is 31.4. The Hall–Kier alpha value is -3.01. The molecule has 0 aliphatic carbocycles. The second kappa shape index (κ2) is 35.0. The molecule has 0 rings (SSSR count). The Morgan fingerprint density at radius 3 is 1.80 bits per heavy atom. The Balaban J connectivity index is -0.000000212. The van der Waals surface area contributed by atoms with Crippen molar-refractivity contribution in [3.63, 3.8) is 0 Å². The second-order valence-electron chi connectivity index (χ2n) is 8.55. The lowest BCUT2D eigenvalue weighted by Gasteiger charge is -2.20. The molecule has 0 aliphatic rings. The van der Waals surface area contributed by atoms with Gasteiger partial charge in [-0.1, -0.05) is 104 Å². The Morgan fingerprint density at radius 2 is 1.41 bits per heavy atom. The lowest BCUT2D eigenvalue weighted by atomic mass is 9.89. The number of rotatable bonds is 14. The first-order chi connectivity index (χ1) is 19.4. The largest absolute Gasteiger partial charge is 0.494 e. The first-order valence-electron chi connectivity index (χ1n) is 15.4.